The number of aliphatic hydroxyl groups excluding tert-OH is 1. The molecule has 5 nitrogen and oxygen atoms in total. The summed E-state index contributed by atoms with van der Waals surface area (Å²) in [5, 5.41) is 9.26. The van der Waals surface area contributed by atoms with Crippen molar-refractivity contribution in [3.8, 4) is 17.2 Å². The highest BCUT2D eigenvalue weighted by Crippen LogP contribution is 2.32. The minimum absolute atomic E-state index is 0.0861. The Hall–Kier alpha value is -2.05. The summed E-state index contributed by atoms with van der Waals surface area (Å²) in [4.78, 5) is 0.216. The first-order valence-corrected chi connectivity index (χ1v) is 9.86. The van der Waals surface area contributed by atoms with Crippen LogP contribution in [0.25, 0.3) is 0 Å². The molecule has 0 aliphatic heterocycles. The summed E-state index contributed by atoms with van der Waals surface area (Å²) in [5.74, 6) is 1.64. The molecule has 1 N–H and O–H groups in total. The lowest BCUT2D eigenvalue weighted by atomic mass is 10.1. The van der Waals surface area contributed by atoms with Crippen LogP contribution >= 0.6 is 0 Å². The molecule has 0 fully saturated rings. The maximum Gasteiger partial charge on any atom is 0.178 e. The zero-order chi connectivity index (χ0) is 18.4. The van der Waals surface area contributed by atoms with E-state index in [9.17, 15) is 13.5 Å². The van der Waals surface area contributed by atoms with Crippen LogP contribution in [-0.2, 0) is 16.3 Å². The highest BCUT2D eigenvalue weighted by atomic mass is 32.2. The van der Waals surface area contributed by atoms with Crippen molar-refractivity contribution in [3.63, 3.8) is 0 Å². The summed E-state index contributed by atoms with van der Waals surface area (Å²) in [6.45, 7) is 3.63. The Bertz CT molecular complexity index is 795. The van der Waals surface area contributed by atoms with E-state index in [1.165, 1.54) is 12.1 Å². The smallest absolute Gasteiger partial charge is 0.178 e. The lowest BCUT2D eigenvalue weighted by molar-refractivity contribution is 0.191. The summed E-state index contributed by atoms with van der Waals surface area (Å²) in [5.41, 5.74) is 1.14. The molecule has 1 unspecified atom stereocenters. The van der Waals surface area contributed by atoms with Gasteiger partial charge in [0.25, 0.3) is 0 Å². The summed E-state index contributed by atoms with van der Waals surface area (Å²) < 4.78 is 35.6. The molecule has 0 amide bonds. The second-order valence-corrected chi connectivity index (χ2v) is 7.98. The molecular formula is C19H24O5S. The van der Waals surface area contributed by atoms with E-state index < -0.39 is 15.9 Å². The topological polar surface area (TPSA) is 72.8 Å². The van der Waals surface area contributed by atoms with Gasteiger partial charge < -0.3 is 14.6 Å². The fourth-order valence-electron chi connectivity index (χ4n) is 2.30. The van der Waals surface area contributed by atoms with Crippen molar-refractivity contribution < 1.29 is 23.0 Å². The number of hydrogen-bond acceptors (Lipinski definition) is 5. The van der Waals surface area contributed by atoms with Crippen molar-refractivity contribution in [2.45, 2.75) is 37.7 Å². The van der Waals surface area contributed by atoms with Crippen molar-refractivity contribution in [1.29, 1.82) is 0 Å². The van der Waals surface area contributed by atoms with Gasteiger partial charge in [0.15, 0.2) is 21.3 Å². The van der Waals surface area contributed by atoms with E-state index >= 15 is 0 Å². The van der Waals surface area contributed by atoms with Crippen LogP contribution in [0, 0.1) is 0 Å². The normalized spacial score (nSPS) is 12.6. The number of benzene rings is 2. The van der Waals surface area contributed by atoms with Crippen LogP contribution in [0.2, 0.25) is 0 Å². The van der Waals surface area contributed by atoms with Crippen LogP contribution in [0.3, 0.4) is 0 Å². The molecule has 6 heteroatoms. The molecule has 0 aliphatic rings. The van der Waals surface area contributed by atoms with Crippen LogP contribution in [0.4, 0.5) is 0 Å². The molecule has 136 valence electrons. The van der Waals surface area contributed by atoms with Gasteiger partial charge in [-0.3, -0.25) is 0 Å². The van der Waals surface area contributed by atoms with Crippen LogP contribution in [0.5, 0.6) is 17.2 Å². The third-order valence-corrected chi connectivity index (χ3v) is 5.61. The maximum absolute atomic E-state index is 12.2. The molecule has 0 radical (unpaired) electrons. The molecule has 2 rings (SSSR count). The standard InChI is InChI=1S/C19H24O5S/c1-4-15-5-10-18(19(13-15)23-3)24-16-6-8-17(9-7-16)25(21,22)12-11-14(2)20/h5-10,13-14,20H,4,11-12H2,1-3H3. The first kappa shape index (κ1) is 19.3. The first-order valence-electron chi connectivity index (χ1n) is 8.21. The van der Waals surface area contributed by atoms with Crippen molar-refractivity contribution in [3.05, 3.63) is 48.0 Å². The fraction of sp³-hybridized carbons (Fsp3) is 0.368. The number of sulfone groups is 1. The van der Waals surface area contributed by atoms with Gasteiger partial charge >= 0.3 is 0 Å². The monoisotopic (exact) mass is 364 g/mol. The van der Waals surface area contributed by atoms with Gasteiger partial charge in [0.05, 0.1) is 23.9 Å². The van der Waals surface area contributed by atoms with Gasteiger partial charge in [-0.2, -0.15) is 0 Å². The predicted molar refractivity (Wildman–Crippen MR) is 97.2 cm³/mol. The molecule has 1 atom stereocenters. The Kier molecular flexibility index (Phi) is 6.45. The molecule has 2 aromatic rings. The summed E-state index contributed by atoms with van der Waals surface area (Å²) >= 11 is 0. The van der Waals surface area contributed by atoms with Crippen LogP contribution < -0.4 is 9.47 Å². The van der Waals surface area contributed by atoms with Crippen LogP contribution in [-0.4, -0.2) is 32.5 Å². The summed E-state index contributed by atoms with van der Waals surface area (Å²) in [7, 11) is -1.82. The van der Waals surface area contributed by atoms with Crippen molar-refractivity contribution in [1.82, 2.24) is 0 Å². The summed E-state index contributed by atoms with van der Waals surface area (Å²) in [6, 6.07) is 12.0. The van der Waals surface area contributed by atoms with Crippen molar-refractivity contribution in [2.24, 2.45) is 0 Å². The number of ether oxygens (including phenoxy) is 2. The third kappa shape index (κ3) is 5.21. The van der Waals surface area contributed by atoms with E-state index in [1.807, 2.05) is 18.2 Å². The number of rotatable bonds is 8. The minimum Gasteiger partial charge on any atom is -0.493 e. The van der Waals surface area contributed by atoms with Gasteiger partial charge in [-0.05, 0) is 61.7 Å². The Morgan fingerprint density at radius 1 is 1.08 bits per heavy atom. The van der Waals surface area contributed by atoms with E-state index in [1.54, 1.807) is 26.2 Å². The second-order valence-electron chi connectivity index (χ2n) is 5.87. The van der Waals surface area contributed by atoms with Gasteiger partial charge in [0.1, 0.15) is 5.75 Å². The zero-order valence-electron chi connectivity index (χ0n) is 14.7. The van der Waals surface area contributed by atoms with Crippen LogP contribution in [0.15, 0.2) is 47.4 Å². The van der Waals surface area contributed by atoms with Gasteiger partial charge in [0.2, 0.25) is 0 Å². The van der Waals surface area contributed by atoms with E-state index in [0.29, 0.717) is 17.2 Å². The third-order valence-electron chi connectivity index (χ3n) is 3.85. The molecule has 2 aromatic carbocycles. The maximum atomic E-state index is 12.2. The molecule has 0 heterocycles. The van der Waals surface area contributed by atoms with Gasteiger partial charge in [-0.25, -0.2) is 8.42 Å². The molecule has 0 saturated heterocycles. The first-order chi connectivity index (χ1) is 11.9. The molecule has 0 bridgehead atoms. The van der Waals surface area contributed by atoms with Gasteiger partial charge in [-0.1, -0.05) is 13.0 Å². The molecule has 0 aromatic heterocycles. The van der Waals surface area contributed by atoms with Crippen molar-refractivity contribution in [2.75, 3.05) is 12.9 Å². The second kappa shape index (κ2) is 8.36. The Labute approximate surface area is 149 Å². The Morgan fingerprint density at radius 2 is 1.76 bits per heavy atom. The average molecular weight is 364 g/mol. The Morgan fingerprint density at radius 3 is 2.32 bits per heavy atom. The molecule has 0 spiro atoms. The summed E-state index contributed by atoms with van der Waals surface area (Å²) in [6.07, 6.45) is 0.466. The predicted octanol–water partition coefficient (Wildman–Crippen LogP) is 3.59. The molecule has 0 aliphatic carbocycles. The Balaban J connectivity index is 2.15. The SMILES string of the molecule is CCc1ccc(Oc2ccc(S(=O)(=O)CCC(C)O)cc2)c(OC)c1. The average Bonchev–Trinajstić information content (AvgIpc) is 2.61. The number of aryl methyl sites for hydroxylation is 1. The lowest BCUT2D eigenvalue weighted by Gasteiger charge is -2.12. The molecular weight excluding hydrogens is 340 g/mol. The molecule has 0 saturated carbocycles. The highest BCUT2D eigenvalue weighted by Gasteiger charge is 2.16. The number of aliphatic hydroxyl groups is 1. The van der Waals surface area contributed by atoms with E-state index in [0.717, 1.165) is 12.0 Å². The van der Waals surface area contributed by atoms with E-state index in [2.05, 4.69) is 6.92 Å². The quantitative estimate of drug-likeness (QED) is 0.775. The van der Waals surface area contributed by atoms with E-state index in [-0.39, 0.29) is 17.1 Å². The van der Waals surface area contributed by atoms with Gasteiger partial charge in [-0.15, -0.1) is 0 Å². The number of methoxy groups -OCH3 is 1. The lowest BCUT2D eigenvalue weighted by Crippen LogP contribution is -2.12. The van der Waals surface area contributed by atoms with Gasteiger partial charge in [0, 0.05) is 0 Å². The zero-order valence-corrected chi connectivity index (χ0v) is 15.5. The van der Waals surface area contributed by atoms with Crippen molar-refractivity contribution >= 4 is 9.84 Å². The van der Waals surface area contributed by atoms with E-state index in [4.69, 9.17) is 9.47 Å². The number of hydrogen-bond donors (Lipinski definition) is 1. The fourth-order valence-corrected chi connectivity index (χ4v) is 3.74. The molecule has 25 heavy (non-hydrogen) atoms. The largest absolute Gasteiger partial charge is 0.493 e. The minimum atomic E-state index is -3.41. The van der Waals surface area contributed by atoms with Crippen LogP contribution in [0.1, 0.15) is 25.8 Å². The highest BCUT2D eigenvalue weighted by molar-refractivity contribution is 7.91.